The van der Waals surface area contributed by atoms with E-state index in [0.29, 0.717) is 6.04 Å². The van der Waals surface area contributed by atoms with Gasteiger partial charge in [-0.05, 0) is 46.3 Å². The molecule has 0 aromatic rings. The van der Waals surface area contributed by atoms with Crippen LogP contribution < -0.4 is 5.32 Å². The smallest absolute Gasteiger partial charge is 0.0462 e. The Balaban J connectivity index is 4.63. The lowest BCUT2D eigenvalue weighted by Gasteiger charge is -2.46. The second-order valence-electron chi connectivity index (χ2n) is 4.86. The highest BCUT2D eigenvalue weighted by atomic mass is 16.5. The van der Waals surface area contributed by atoms with Gasteiger partial charge in [-0.1, -0.05) is 20.8 Å². The van der Waals surface area contributed by atoms with E-state index in [4.69, 9.17) is 4.74 Å². The van der Waals surface area contributed by atoms with Gasteiger partial charge in [-0.3, -0.25) is 4.90 Å². The second-order valence-corrected chi connectivity index (χ2v) is 4.86. The van der Waals surface area contributed by atoms with Crippen LogP contribution in [0.4, 0.5) is 0 Å². The van der Waals surface area contributed by atoms with Crippen LogP contribution in [0.1, 0.15) is 47.0 Å². The van der Waals surface area contributed by atoms with Crippen molar-refractivity contribution < 1.29 is 4.74 Å². The third-order valence-corrected chi connectivity index (χ3v) is 4.14. The lowest BCUT2D eigenvalue weighted by atomic mass is 9.84. The summed E-state index contributed by atoms with van der Waals surface area (Å²) < 4.78 is 5.15. The minimum atomic E-state index is 0.242. The fourth-order valence-corrected chi connectivity index (χ4v) is 2.83. The van der Waals surface area contributed by atoms with E-state index in [1.165, 1.54) is 12.8 Å². The Labute approximate surface area is 108 Å². The van der Waals surface area contributed by atoms with Crippen molar-refractivity contribution in [3.8, 4) is 0 Å². The molecule has 0 rings (SSSR count). The molecule has 3 heteroatoms. The summed E-state index contributed by atoms with van der Waals surface area (Å²) in [5.41, 5.74) is 0.242. The highest BCUT2D eigenvalue weighted by molar-refractivity contribution is 4.95. The number of ether oxygens (including phenoxy) is 1. The van der Waals surface area contributed by atoms with Gasteiger partial charge in [0.05, 0.1) is 0 Å². The zero-order valence-electron chi connectivity index (χ0n) is 12.7. The zero-order valence-corrected chi connectivity index (χ0v) is 12.7. The Morgan fingerprint density at radius 3 is 2.18 bits per heavy atom. The number of likely N-dealkylation sites (N-methyl/N-ethyl adjacent to an activating group) is 2. The molecule has 0 heterocycles. The van der Waals surface area contributed by atoms with Crippen LogP contribution in [0.3, 0.4) is 0 Å². The largest absolute Gasteiger partial charge is 0.385 e. The van der Waals surface area contributed by atoms with E-state index in [-0.39, 0.29) is 5.54 Å². The third-order valence-electron chi connectivity index (χ3n) is 4.14. The Bertz CT molecular complexity index is 183. The van der Waals surface area contributed by atoms with Crippen molar-refractivity contribution in [2.24, 2.45) is 0 Å². The normalized spacial score (nSPS) is 17.1. The summed E-state index contributed by atoms with van der Waals surface area (Å²) in [6.45, 7) is 12.3. The first kappa shape index (κ1) is 16.9. The highest BCUT2D eigenvalue weighted by Gasteiger charge is 2.35. The Kier molecular flexibility index (Phi) is 8.83. The zero-order chi connectivity index (χ0) is 13.3. The van der Waals surface area contributed by atoms with E-state index in [1.807, 2.05) is 0 Å². The Morgan fingerprint density at radius 2 is 1.82 bits per heavy atom. The summed E-state index contributed by atoms with van der Waals surface area (Å²) in [5.74, 6) is 0. The SMILES string of the molecule is CCN(CC)C(C)(CC)C(CCCOC)NC. The minimum Gasteiger partial charge on any atom is -0.385 e. The van der Waals surface area contributed by atoms with Crippen LogP contribution >= 0.6 is 0 Å². The summed E-state index contributed by atoms with van der Waals surface area (Å²) in [5, 5.41) is 3.50. The topological polar surface area (TPSA) is 24.5 Å². The van der Waals surface area contributed by atoms with E-state index in [2.05, 4.69) is 45.0 Å². The van der Waals surface area contributed by atoms with Gasteiger partial charge in [0.15, 0.2) is 0 Å². The molecule has 0 fully saturated rings. The molecule has 0 bridgehead atoms. The summed E-state index contributed by atoms with van der Waals surface area (Å²) in [6, 6.07) is 0.530. The predicted molar refractivity (Wildman–Crippen MR) is 75.6 cm³/mol. The third kappa shape index (κ3) is 4.57. The van der Waals surface area contributed by atoms with E-state index in [9.17, 15) is 0 Å². The second kappa shape index (κ2) is 8.90. The first-order valence-electron chi connectivity index (χ1n) is 7.01. The van der Waals surface area contributed by atoms with Crippen LogP contribution in [-0.4, -0.2) is 50.3 Å². The molecule has 0 aliphatic rings. The van der Waals surface area contributed by atoms with Crippen LogP contribution in [0.5, 0.6) is 0 Å². The van der Waals surface area contributed by atoms with Gasteiger partial charge in [-0.15, -0.1) is 0 Å². The lowest BCUT2D eigenvalue weighted by Crippen LogP contribution is -2.58. The molecule has 0 radical (unpaired) electrons. The molecule has 0 aliphatic carbocycles. The quantitative estimate of drug-likeness (QED) is 0.598. The maximum Gasteiger partial charge on any atom is 0.0462 e. The molecule has 104 valence electrons. The number of nitrogens with zero attached hydrogens (tertiary/aromatic N) is 1. The maximum atomic E-state index is 5.15. The van der Waals surface area contributed by atoms with E-state index >= 15 is 0 Å². The number of hydrogen-bond donors (Lipinski definition) is 1. The maximum absolute atomic E-state index is 5.15. The predicted octanol–water partition coefficient (Wildman–Crippen LogP) is 2.51. The van der Waals surface area contributed by atoms with Crippen molar-refractivity contribution in [2.45, 2.75) is 58.5 Å². The molecule has 2 atom stereocenters. The van der Waals surface area contributed by atoms with Gasteiger partial charge in [0, 0.05) is 25.3 Å². The molecule has 3 nitrogen and oxygen atoms in total. The summed E-state index contributed by atoms with van der Waals surface area (Å²) in [6.07, 6.45) is 3.47. The van der Waals surface area contributed by atoms with Gasteiger partial charge in [-0.25, -0.2) is 0 Å². The molecule has 2 unspecified atom stereocenters. The van der Waals surface area contributed by atoms with Gasteiger partial charge >= 0.3 is 0 Å². The number of nitrogens with one attached hydrogen (secondary N) is 1. The average Bonchev–Trinajstić information content (AvgIpc) is 2.35. The van der Waals surface area contributed by atoms with Crippen molar-refractivity contribution in [3.63, 3.8) is 0 Å². The minimum absolute atomic E-state index is 0.242. The standard InChI is InChI=1S/C14H32N2O/c1-7-14(4,16(8-2)9-3)13(15-5)11-10-12-17-6/h13,15H,7-12H2,1-6H3. The van der Waals surface area contributed by atoms with Gasteiger partial charge in [0.1, 0.15) is 0 Å². The Morgan fingerprint density at radius 1 is 1.24 bits per heavy atom. The summed E-state index contributed by atoms with van der Waals surface area (Å²) in [4.78, 5) is 2.57. The van der Waals surface area contributed by atoms with Crippen LogP contribution in [0.25, 0.3) is 0 Å². The molecule has 17 heavy (non-hydrogen) atoms. The molecule has 0 amide bonds. The van der Waals surface area contributed by atoms with E-state index in [0.717, 1.165) is 26.1 Å². The van der Waals surface area contributed by atoms with Gasteiger partial charge in [0.25, 0.3) is 0 Å². The first-order valence-corrected chi connectivity index (χ1v) is 7.01. The first-order chi connectivity index (χ1) is 8.10. The van der Waals surface area contributed by atoms with Gasteiger partial charge in [-0.2, -0.15) is 0 Å². The van der Waals surface area contributed by atoms with Crippen molar-refractivity contribution in [1.82, 2.24) is 10.2 Å². The number of rotatable bonds is 10. The molecule has 0 spiro atoms. The fourth-order valence-electron chi connectivity index (χ4n) is 2.83. The lowest BCUT2D eigenvalue weighted by molar-refractivity contribution is 0.0651. The van der Waals surface area contributed by atoms with Gasteiger partial charge in [0.2, 0.25) is 0 Å². The summed E-state index contributed by atoms with van der Waals surface area (Å²) in [7, 11) is 3.85. The molecule has 0 saturated carbocycles. The molecular weight excluding hydrogens is 212 g/mol. The number of methoxy groups -OCH3 is 1. The average molecular weight is 244 g/mol. The monoisotopic (exact) mass is 244 g/mol. The molecule has 0 saturated heterocycles. The van der Waals surface area contributed by atoms with Gasteiger partial charge < -0.3 is 10.1 Å². The molecule has 0 aromatic carbocycles. The van der Waals surface area contributed by atoms with Crippen molar-refractivity contribution >= 4 is 0 Å². The van der Waals surface area contributed by atoms with Crippen LogP contribution in [0, 0.1) is 0 Å². The highest BCUT2D eigenvalue weighted by Crippen LogP contribution is 2.26. The van der Waals surface area contributed by atoms with E-state index in [1.54, 1.807) is 7.11 Å². The van der Waals surface area contributed by atoms with Crippen molar-refractivity contribution in [3.05, 3.63) is 0 Å². The van der Waals surface area contributed by atoms with E-state index < -0.39 is 0 Å². The number of hydrogen-bond acceptors (Lipinski definition) is 3. The van der Waals surface area contributed by atoms with Crippen LogP contribution in [0.15, 0.2) is 0 Å². The summed E-state index contributed by atoms with van der Waals surface area (Å²) >= 11 is 0. The van der Waals surface area contributed by atoms with Crippen LogP contribution in [0.2, 0.25) is 0 Å². The molecule has 0 aromatic heterocycles. The fraction of sp³-hybridized carbons (Fsp3) is 1.00. The molecule has 1 N–H and O–H groups in total. The van der Waals surface area contributed by atoms with Crippen molar-refractivity contribution in [2.75, 3.05) is 33.9 Å². The van der Waals surface area contributed by atoms with Crippen molar-refractivity contribution in [1.29, 1.82) is 0 Å². The van der Waals surface area contributed by atoms with Crippen LogP contribution in [-0.2, 0) is 4.74 Å². The molecular formula is C14H32N2O. The molecule has 0 aliphatic heterocycles. The Hall–Kier alpha value is -0.120.